The Bertz CT molecular complexity index is 3170. The molecule has 3 amide bonds. The number of hydrogen-bond acceptors (Lipinski definition) is 5. The lowest BCUT2D eigenvalue weighted by atomic mass is 9.80. The summed E-state index contributed by atoms with van der Waals surface area (Å²) in [6.07, 6.45) is -34.5. The molecule has 0 aliphatic carbocycles. The molecule has 0 heterocycles. The van der Waals surface area contributed by atoms with Gasteiger partial charge in [0.1, 0.15) is 24.1 Å². The molecule has 0 radical (unpaired) electrons. The van der Waals surface area contributed by atoms with E-state index in [2.05, 4.69) is 0 Å². The minimum Gasteiger partial charge on any atom is -0.461 e. The highest BCUT2D eigenvalue weighted by Gasteiger charge is 2.64. The van der Waals surface area contributed by atoms with Gasteiger partial charge in [-0.3, -0.25) is 29.1 Å². The van der Waals surface area contributed by atoms with Crippen LogP contribution in [0.5, 0.6) is 0 Å². The van der Waals surface area contributed by atoms with Crippen molar-refractivity contribution in [1.82, 2.24) is 0 Å². The van der Waals surface area contributed by atoms with Crippen LogP contribution >= 0.6 is 0 Å². The standard InChI is InChI=1S/C55H33F18N3O5/c56-38-16-5-19-41(26-38)74(44(77)30-8-1-12-34(22-30)52(62,63)64)48(59)51(29-81-47(80)33-11-4-15-37(25-33)55(71,72)73,49(60)75(42-20-6-17-39(57)27-42)45(78)31-9-2-13-35(23-31)53(65,66)67)50(61)76(43-21-7-18-40(58)28-43)46(79)32-10-3-14-36(24-32)54(68,69)70/h1-28,48-50H,29H2. The highest BCUT2D eigenvalue weighted by Crippen LogP contribution is 2.48. The minimum absolute atomic E-state index is 0.0307. The van der Waals surface area contributed by atoms with Crippen molar-refractivity contribution >= 4 is 40.8 Å². The van der Waals surface area contributed by atoms with Crippen molar-refractivity contribution < 1.29 is 103 Å². The van der Waals surface area contributed by atoms with E-state index in [0.29, 0.717) is 127 Å². The van der Waals surface area contributed by atoms with Crippen molar-refractivity contribution in [2.45, 2.75) is 43.6 Å². The second-order valence-electron chi connectivity index (χ2n) is 17.5. The van der Waals surface area contributed by atoms with Crippen LogP contribution < -0.4 is 14.7 Å². The fourth-order valence-corrected chi connectivity index (χ4v) is 8.20. The lowest BCUT2D eigenvalue weighted by Crippen LogP contribution is -2.68. The Labute approximate surface area is 445 Å². The Morgan fingerprint density at radius 1 is 0.358 bits per heavy atom. The van der Waals surface area contributed by atoms with E-state index in [1.54, 1.807) is 0 Å². The number of anilines is 3. The van der Waals surface area contributed by atoms with Gasteiger partial charge >= 0.3 is 30.7 Å². The van der Waals surface area contributed by atoms with E-state index in [1.807, 2.05) is 0 Å². The molecule has 0 bridgehead atoms. The lowest BCUT2D eigenvalue weighted by Gasteiger charge is -2.49. The summed E-state index contributed by atoms with van der Waals surface area (Å²) >= 11 is 0. The molecule has 0 aromatic heterocycles. The van der Waals surface area contributed by atoms with Gasteiger partial charge in [-0.15, -0.1) is 0 Å². The highest BCUT2D eigenvalue weighted by atomic mass is 19.4. The molecule has 0 aliphatic heterocycles. The third-order valence-corrected chi connectivity index (χ3v) is 12.1. The van der Waals surface area contributed by atoms with Crippen LogP contribution in [-0.2, 0) is 29.4 Å². The van der Waals surface area contributed by atoms with Crippen LogP contribution in [0.15, 0.2) is 170 Å². The molecule has 7 rings (SSSR count). The molecular weight excluding hydrogens is 1120 g/mol. The largest absolute Gasteiger partial charge is 0.461 e. The number of benzene rings is 7. The number of esters is 1. The first-order chi connectivity index (χ1) is 37.8. The molecule has 26 heteroatoms. The number of ether oxygens (including phenoxy) is 1. The first-order valence-corrected chi connectivity index (χ1v) is 22.9. The van der Waals surface area contributed by atoms with Crippen LogP contribution in [0.3, 0.4) is 0 Å². The molecule has 0 fully saturated rings. The van der Waals surface area contributed by atoms with Gasteiger partial charge in [-0.2, -0.15) is 52.7 Å². The average molecular weight is 1160 g/mol. The third kappa shape index (κ3) is 13.1. The van der Waals surface area contributed by atoms with Crippen LogP contribution in [-0.4, -0.2) is 49.2 Å². The van der Waals surface area contributed by atoms with E-state index < -0.39 is 173 Å². The van der Waals surface area contributed by atoms with Crippen LogP contribution in [0, 0.1) is 22.9 Å². The molecule has 0 saturated carbocycles. The first-order valence-electron chi connectivity index (χ1n) is 22.9. The zero-order chi connectivity index (χ0) is 59.6. The van der Waals surface area contributed by atoms with E-state index in [0.717, 1.165) is 0 Å². The summed E-state index contributed by atoms with van der Waals surface area (Å²) in [5.74, 6) is -13.1. The summed E-state index contributed by atoms with van der Waals surface area (Å²) in [6.45, 7) is -2.59. The summed E-state index contributed by atoms with van der Waals surface area (Å²) in [7, 11) is 0. The second kappa shape index (κ2) is 23.1. The summed E-state index contributed by atoms with van der Waals surface area (Å²) in [5.41, 5.74) is -20.3. The predicted octanol–water partition coefficient (Wildman–Crippen LogP) is 15.3. The fraction of sp³-hybridized carbons (Fsp3) is 0.164. The van der Waals surface area contributed by atoms with Gasteiger partial charge in [-0.05, 0) is 127 Å². The number of hydrogen-bond donors (Lipinski definition) is 0. The van der Waals surface area contributed by atoms with Crippen LogP contribution in [0.4, 0.5) is 96.1 Å². The lowest BCUT2D eigenvalue weighted by molar-refractivity contribution is -0.138. The molecule has 8 nitrogen and oxygen atoms in total. The zero-order valence-corrected chi connectivity index (χ0v) is 40.3. The number of carbonyl (C=O) groups is 4. The van der Waals surface area contributed by atoms with Gasteiger partial charge in [0.15, 0.2) is 24.3 Å². The summed E-state index contributed by atoms with van der Waals surface area (Å²) in [6, 6.07) is 12.2. The van der Waals surface area contributed by atoms with Gasteiger partial charge in [0.25, 0.3) is 17.7 Å². The molecule has 0 spiro atoms. The van der Waals surface area contributed by atoms with Crippen LogP contribution in [0.1, 0.15) is 63.7 Å². The first kappa shape index (κ1) is 59.8. The number of rotatable bonds is 15. The van der Waals surface area contributed by atoms with Crippen molar-refractivity contribution in [2.75, 3.05) is 21.3 Å². The van der Waals surface area contributed by atoms with Gasteiger partial charge in [-0.1, -0.05) is 42.5 Å². The highest BCUT2D eigenvalue weighted by molar-refractivity contribution is 6.09. The zero-order valence-electron chi connectivity index (χ0n) is 40.3. The Hall–Kier alpha value is -8.84. The van der Waals surface area contributed by atoms with Gasteiger partial charge < -0.3 is 4.74 Å². The normalized spacial score (nSPS) is 14.0. The van der Waals surface area contributed by atoms with Crippen LogP contribution in [0.25, 0.3) is 0 Å². The van der Waals surface area contributed by atoms with Gasteiger partial charge in [0, 0.05) is 33.8 Å². The Balaban J connectivity index is 1.64. The summed E-state index contributed by atoms with van der Waals surface area (Å²) in [5, 5.41) is 0. The summed E-state index contributed by atoms with van der Waals surface area (Å²) in [4.78, 5) is 57.4. The molecule has 81 heavy (non-hydrogen) atoms. The summed E-state index contributed by atoms with van der Waals surface area (Å²) < 4.78 is 280. The number of nitrogens with zero attached hydrogens (tertiary/aromatic N) is 3. The SMILES string of the molecule is O=C(OCC(C(F)N(C(=O)c1cccc(C(F)(F)F)c1)c1cccc(F)c1)(C(F)N(C(=O)c1cccc(C(F)(F)F)c1)c1cccc(F)c1)C(F)N(C(=O)c1cccc(C(F)(F)F)c1)c1cccc(F)c1)c1cccc(C(F)(F)F)c1. The molecule has 3 atom stereocenters. The predicted molar refractivity (Wildman–Crippen MR) is 253 cm³/mol. The molecule has 7 aromatic carbocycles. The van der Waals surface area contributed by atoms with E-state index in [-0.39, 0.29) is 42.5 Å². The average Bonchev–Trinajstić information content (AvgIpc) is 3.51. The molecule has 3 unspecified atom stereocenters. The number of amides is 3. The van der Waals surface area contributed by atoms with Crippen LogP contribution in [0.2, 0.25) is 0 Å². The molecular formula is C55H33F18N3O5. The maximum Gasteiger partial charge on any atom is 0.416 e. The number of carbonyl (C=O) groups excluding carboxylic acids is 4. The van der Waals surface area contributed by atoms with Crippen molar-refractivity contribution in [3.05, 3.63) is 232 Å². The van der Waals surface area contributed by atoms with E-state index in [4.69, 9.17) is 4.74 Å². The Kier molecular flexibility index (Phi) is 17.1. The molecule has 7 aromatic rings. The second-order valence-corrected chi connectivity index (χ2v) is 17.5. The number of halogens is 18. The fourth-order valence-electron chi connectivity index (χ4n) is 8.20. The van der Waals surface area contributed by atoms with Crippen molar-refractivity contribution in [2.24, 2.45) is 5.41 Å². The van der Waals surface area contributed by atoms with E-state index >= 15 is 26.3 Å². The monoisotopic (exact) mass is 1160 g/mol. The van der Waals surface area contributed by atoms with E-state index in [9.17, 15) is 71.9 Å². The smallest absolute Gasteiger partial charge is 0.416 e. The molecule has 0 aliphatic rings. The van der Waals surface area contributed by atoms with Gasteiger partial charge in [0.2, 0.25) is 0 Å². The third-order valence-electron chi connectivity index (χ3n) is 12.1. The quantitative estimate of drug-likeness (QED) is 0.0580. The number of alkyl halides is 15. The molecule has 424 valence electrons. The maximum atomic E-state index is 19.6. The Morgan fingerprint density at radius 3 is 0.864 bits per heavy atom. The molecule has 0 N–H and O–H groups in total. The van der Waals surface area contributed by atoms with Crippen molar-refractivity contribution in [1.29, 1.82) is 0 Å². The minimum atomic E-state index is -5.34. The van der Waals surface area contributed by atoms with Crippen molar-refractivity contribution in [3.8, 4) is 0 Å². The van der Waals surface area contributed by atoms with Crippen molar-refractivity contribution in [3.63, 3.8) is 0 Å². The van der Waals surface area contributed by atoms with Gasteiger partial charge in [0.05, 0.1) is 27.8 Å². The topological polar surface area (TPSA) is 87.2 Å². The molecule has 0 saturated heterocycles. The Morgan fingerprint density at radius 2 is 0.605 bits per heavy atom. The van der Waals surface area contributed by atoms with Gasteiger partial charge in [-0.25, -0.2) is 31.1 Å². The van der Waals surface area contributed by atoms with E-state index in [1.165, 1.54) is 0 Å². The maximum absolute atomic E-state index is 19.6.